The summed E-state index contributed by atoms with van der Waals surface area (Å²) in [6.45, 7) is 1.87. The van der Waals surface area contributed by atoms with Crippen LogP contribution in [0.5, 0.6) is 0 Å². The Hall–Kier alpha value is -2.77. The number of piperidine rings is 1. The summed E-state index contributed by atoms with van der Waals surface area (Å²) in [4.78, 5) is 37.2. The summed E-state index contributed by atoms with van der Waals surface area (Å²) >= 11 is 0. The van der Waals surface area contributed by atoms with Gasteiger partial charge in [0.25, 0.3) is 5.91 Å². The van der Waals surface area contributed by atoms with Gasteiger partial charge in [0, 0.05) is 32.9 Å². The van der Waals surface area contributed by atoms with Crippen LogP contribution in [0.2, 0.25) is 0 Å². The number of amides is 2. The van der Waals surface area contributed by atoms with Crippen molar-refractivity contribution in [1.82, 2.24) is 24.6 Å². The molecule has 0 N–H and O–H groups in total. The minimum absolute atomic E-state index is 0.0198. The van der Waals surface area contributed by atoms with E-state index in [0.717, 1.165) is 12.1 Å². The molecule has 2 aromatic rings. The second-order valence-corrected chi connectivity index (χ2v) is 6.72. The third-order valence-electron chi connectivity index (χ3n) is 5.42. The molecule has 0 aromatic carbocycles. The van der Waals surface area contributed by atoms with Crippen LogP contribution in [-0.2, 0) is 11.8 Å². The van der Waals surface area contributed by atoms with Gasteiger partial charge in [-0.15, -0.1) is 0 Å². The Morgan fingerprint density at radius 2 is 1.80 bits per heavy atom. The van der Waals surface area contributed by atoms with Gasteiger partial charge >= 0.3 is 0 Å². The van der Waals surface area contributed by atoms with Crippen molar-refractivity contribution in [2.45, 2.75) is 19.3 Å². The molecule has 0 radical (unpaired) electrons. The van der Waals surface area contributed by atoms with Crippen LogP contribution in [0, 0.1) is 5.41 Å². The van der Waals surface area contributed by atoms with E-state index in [4.69, 9.17) is 0 Å². The molecule has 2 aliphatic rings. The number of hydrogen-bond donors (Lipinski definition) is 0. The quantitative estimate of drug-likeness (QED) is 0.810. The molecule has 130 valence electrons. The third kappa shape index (κ3) is 2.57. The molecule has 4 heterocycles. The summed E-state index contributed by atoms with van der Waals surface area (Å²) in [5.41, 5.74) is 0.966. The van der Waals surface area contributed by atoms with Crippen LogP contribution >= 0.6 is 0 Å². The first-order chi connectivity index (χ1) is 12.1. The van der Waals surface area contributed by atoms with Crippen molar-refractivity contribution in [3.63, 3.8) is 0 Å². The molecule has 2 saturated heterocycles. The average Bonchev–Trinajstić information content (AvgIpc) is 3.20. The molecule has 8 nitrogen and oxygen atoms in total. The molecule has 2 aliphatic heterocycles. The fourth-order valence-corrected chi connectivity index (χ4v) is 3.84. The van der Waals surface area contributed by atoms with Crippen LogP contribution in [0.1, 0.15) is 29.8 Å². The normalized spacial score (nSPS) is 19.6. The van der Waals surface area contributed by atoms with Gasteiger partial charge in [-0.2, -0.15) is 5.10 Å². The van der Waals surface area contributed by atoms with E-state index in [0.29, 0.717) is 38.2 Å². The van der Waals surface area contributed by atoms with E-state index in [-0.39, 0.29) is 17.2 Å². The van der Waals surface area contributed by atoms with E-state index < -0.39 is 0 Å². The first kappa shape index (κ1) is 15.7. The molecule has 8 heteroatoms. The second kappa shape index (κ2) is 5.94. The van der Waals surface area contributed by atoms with Crippen LogP contribution in [0.4, 0.5) is 5.69 Å². The Morgan fingerprint density at radius 1 is 1.12 bits per heavy atom. The lowest BCUT2D eigenvalue weighted by Crippen LogP contribution is -2.47. The van der Waals surface area contributed by atoms with Gasteiger partial charge in [-0.3, -0.25) is 14.3 Å². The molecular formula is C17H20N6O2. The summed E-state index contributed by atoms with van der Waals surface area (Å²) in [7, 11) is 1.76. The number of aryl methyl sites for hydroxylation is 1. The Balaban J connectivity index is 1.46. The minimum Gasteiger partial charge on any atom is -0.337 e. The van der Waals surface area contributed by atoms with Gasteiger partial charge in [0.2, 0.25) is 5.91 Å². The largest absolute Gasteiger partial charge is 0.337 e. The molecule has 0 saturated carbocycles. The molecule has 25 heavy (non-hydrogen) atoms. The smallest absolute Gasteiger partial charge is 0.272 e. The van der Waals surface area contributed by atoms with Gasteiger partial charge in [-0.25, -0.2) is 9.97 Å². The van der Waals surface area contributed by atoms with Gasteiger partial charge in [0.05, 0.1) is 23.5 Å². The third-order valence-corrected chi connectivity index (χ3v) is 5.42. The highest BCUT2D eigenvalue weighted by atomic mass is 16.2. The lowest BCUT2D eigenvalue weighted by atomic mass is 9.77. The summed E-state index contributed by atoms with van der Waals surface area (Å²) in [6.07, 6.45) is 8.63. The van der Waals surface area contributed by atoms with Crippen molar-refractivity contribution >= 4 is 17.5 Å². The lowest BCUT2D eigenvalue weighted by molar-refractivity contribution is -0.127. The maximum Gasteiger partial charge on any atom is 0.272 e. The van der Waals surface area contributed by atoms with Gasteiger partial charge in [0.1, 0.15) is 12.0 Å². The van der Waals surface area contributed by atoms with E-state index in [9.17, 15) is 9.59 Å². The van der Waals surface area contributed by atoms with E-state index in [2.05, 4.69) is 15.1 Å². The van der Waals surface area contributed by atoms with Crippen LogP contribution in [-0.4, -0.2) is 56.1 Å². The lowest BCUT2D eigenvalue weighted by Gasteiger charge is -2.37. The standard InChI is InChI=1S/C17H20N6O2/c1-21-14(2-6-20-21)15(24)22-7-3-17(4-8-22)5-9-23(16(17)25)13-10-18-12-19-11-13/h2,6,10-12H,3-5,7-9H2,1H3. The first-order valence-electron chi connectivity index (χ1n) is 8.45. The van der Waals surface area contributed by atoms with E-state index in [1.54, 1.807) is 41.3 Å². The van der Waals surface area contributed by atoms with Gasteiger partial charge in [0.15, 0.2) is 0 Å². The number of anilines is 1. The first-order valence-corrected chi connectivity index (χ1v) is 8.45. The second-order valence-electron chi connectivity index (χ2n) is 6.72. The average molecular weight is 340 g/mol. The predicted molar refractivity (Wildman–Crippen MR) is 89.8 cm³/mol. The zero-order chi connectivity index (χ0) is 17.4. The van der Waals surface area contributed by atoms with E-state index in [1.807, 2.05) is 4.90 Å². The fraction of sp³-hybridized carbons (Fsp3) is 0.471. The summed E-state index contributed by atoms with van der Waals surface area (Å²) < 4.78 is 1.59. The zero-order valence-corrected chi connectivity index (χ0v) is 14.1. The highest BCUT2D eigenvalue weighted by molar-refractivity contribution is 6.00. The van der Waals surface area contributed by atoms with Crippen LogP contribution in [0.15, 0.2) is 31.0 Å². The molecule has 0 unspecified atom stereocenters. The van der Waals surface area contributed by atoms with Gasteiger partial charge in [-0.05, 0) is 25.3 Å². The Bertz CT molecular complexity index is 794. The van der Waals surface area contributed by atoms with Gasteiger partial charge < -0.3 is 9.80 Å². The molecule has 0 aliphatic carbocycles. The number of nitrogens with zero attached hydrogens (tertiary/aromatic N) is 6. The SMILES string of the molecule is Cn1nccc1C(=O)N1CCC2(CC1)CCN(c1cncnc1)C2=O. The summed E-state index contributed by atoms with van der Waals surface area (Å²) in [5.74, 6) is 0.114. The van der Waals surface area contributed by atoms with Crippen molar-refractivity contribution in [2.24, 2.45) is 12.5 Å². The molecule has 4 rings (SSSR count). The number of carbonyl (C=O) groups excluding carboxylic acids is 2. The monoisotopic (exact) mass is 340 g/mol. The molecule has 0 bridgehead atoms. The fourth-order valence-electron chi connectivity index (χ4n) is 3.84. The number of rotatable bonds is 2. The van der Waals surface area contributed by atoms with Gasteiger partial charge in [-0.1, -0.05) is 0 Å². The van der Waals surface area contributed by atoms with E-state index >= 15 is 0 Å². The van der Waals surface area contributed by atoms with Crippen molar-refractivity contribution in [3.8, 4) is 0 Å². The number of carbonyl (C=O) groups is 2. The topological polar surface area (TPSA) is 84.2 Å². The molecular weight excluding hydrogens is 320 g/mol. The maximum absolute atomic E-state index is 13.0. The minimum atomic E-state index is -0.362. The summed E-state index contributed by atoms with van der Waals surface area (Å²) in [6, 6.07) is 1.73. The predicted octanol–water partition coefficient (Wildman–Crippen LogP) is 0.869. The Labute approximate surface area is 145 Å². The Morgan fingerprint density at radius 3 is 2.44 bits per heavy atom. The van der Waals surface area contributed by atoms with Crippen molar-refractivity contribution in [1.29, 1.82) is 0 Å². The molecule has 1 spiro atoms. The summed E-state index contributed by atoms with van der Waals surface area (Å²) in [5, 5.41) is 4.06. The van der Waals surface area contributed by atoms with Crippen molar-refractivity contribution in [2.75, 3.05) is 24.5 Å². The van der Waals surface area contributed by atoms with Crippen molar-refractivity contribution in [3.05, 3.63) is 36.7 Å². The number of hydrogen-bond acceptors (Lipinski definition) is 5. The molecule has 2 amide bonds. The Kier molecular flexibility index (Phi) is 3.74. The maximum atomic E-state index is 13.0. The molecule has 2 aromatic heterocycles. The van der Waals surface area contributed by atoms with E-state index in [1.165, 1.54) is 6.33 Å². The molecule has 0 atom stereocenters. The van der Waals surface area contributed by atoms with Crippen molar-refractivity contribution < 1.29 is 9.59 Å². The molecule has 2 fully saturated rings. The highest BCUT2D eigenvalue weighted by Gasteiger charge is 2.49. The van der Waals surface area contributed by atoms with Crippen LogP contribution < -0.4 is 4.90 Å². The number of likely N-dealkylation sites (tertiary alicyclic amines) is 1. The van der Waals surface area contributed by atoms with Crippen LogP contribution in [0.3, 0.4) is 0 Å². The van der Waals surface area contributed by atoms with Crippen LogP contribution in [0.25, 0.3) is 0 Å². The number of aromatic nitrogens is 4. The zero-order valence-electron chi connectivity index (χ0n) is 14.1. The highest BCUT2D eigenvalue weighted by Crippen LogP contribution is 2.43.